The van der Waals surface area contributed by atoms with Gasteiger partial charge in [0.2, 0.25) is 5.91 Å². The molecule has 34 heavy (non-hydrogen) atoms. The van der Waals surface area contributed by atoms with Crippen molar-refractivity contribution >= 4 is 18.0 Å². The second kappa shape index (κ2) is 10.3. The summed E-state index contributed by atoms with van der Waals surface area (Å²) in [7, 11) is 0. The predicted octanol–water partition coefficient (Wildman–Crippen LogP) is 4.31. The minimum absolute atomic E-state index is 0.0616. The lowest BCUT2D eigenvalue weighted by Gasteiger charge is -2.33. The fraction of sp³-hybridized carbons (Fsp3) is 0.444. The smallest absolute Gasteiger partial charge is 0.407 e. The number of carboxylic acid groups (broad SMARTS) is 1. The highest BCUT2D eigenvalue weighted by Gasteiger charge is 2.37. The lowest BCUT2D eigenvalue weighted by molar-refractivity contribution is -0.145. The van der Waals surface area contributed by atoms with Crippen LogP contribution in [0.25, 0.3) is 11.1 Å². The van der Waals surface area contributed by atoms with Gasteiger partial charge in [-0.1, -0.05) is 75.2 Å². The molecule has 1 fully saturated rings. The van der Waals surface area contributed by atoms with Crippen LogP contribution in [0.5, 0.6) is 0 Å². The lowest BCUT2D eigenvalue weighted by Crippen LogP contribution is -2.56. The van der Waals surface area contributed by atoms with Crippen LogP contribution in [0.15, 0.2) is 48.5 Å². The Kier molecular flexibility index (Phi) is 7.20. The molecular weight excluding hydrogens is 432 g/mol. The third-order valence-electron chi connectivity index (χ3n) is 7.30. The molecule has 1 saturated carbocycles. The van der Waals surface area contributed by atoms with Crippen molar-refractivity contribution in [1.82, 2.24) is 10.6 Å². The van der Waals surface area contributed by atoms with E-state index in [9.17, 15) is 19.5 Å². The zero-order chi connectivity index (χ0) is 24.2. The van der Waals surface area contributed by atoms with Crippen LogP contribution in [-0.2, 0) is 14.3 Å². The van der Waals surface area contributed by atoms with E-state index >= 15 is 0 Å². The van der Waals surface area contributed by atoms with Gasteiger partial charge >= 0.3 is 12.1 Å². The number of carbonyl (C=O) groups excluding carboxylic acids is 2. The zero-order valence-corrected chi connectivity index (χ0v) is 19.6. The van der Waals surface area contributed by atoms with Crippen LogP contribution in [-0.4, -0.2) is 41.8 Å². The molecule has 0 bridgehead atoms. The second-order valence-corrected chi connectivity index (χ2v) is 9.35. The first kappa shape index (κ1) is 23.8. The average molecular weight is 465 g/mol. The number of amides is 2. The van der Waals surface area contributed by atoms with Gasteiger partial charge in [0.25, 0.3) is 0 Å². The Balaban J connectivity index is 1.42. The Bertz CT molecular complexity index is 1020. The van der Waals surface area contributed by atoms with Crippen molar-refractivity contribution in [3.8, 4) is 11.1 Å². The summed E-state index contributed by atoms with van der Waals surface area (Å²) in [6, 6.07) is 14.4. The number of ether oxygens (including phenoxy) is 1. The Morgan fingerprint density at radius 1 is 1.00 bits per heavy atom. The van der Waals surface area contributed by atoms with E-state index in [1.807, 2.05) is 50.2 Å². The second-order valence-electron chi connectivity index (χ2n) is 9.35. The summed E-state index contributed by atoms with van der Waals surface area (Å²) in [5.74, 6) is -1.85. The van der Waals surface area contributed by atoms with Crippen LogP contribution >= 0.6 is 0 Å². The maximum Gasteiger partial charge on any atom is 0.407 e. The van der Waals surface area contributed by atoms with Crippen molar-refractivity contribution in [3.63, 3.8) is 0 Å². The molecule has 0 aromatic heterocycles. The van der Waals surface area contributed by atoms with E-state index in [2.05, 4.69) is 22.8 Å². The van der Waals surface area contributed by atoms with Gasteiger partial charge in [0.15, 0.2) is 0 Å². The summed E-state index contributed by atoms with van der Waals surface area (Å²) in [4.78, 5) is 37.4. The SMILES string of the molecule is CCC(C)[C@H](NC(=O)OCC1c2ccccc2-c2ccccc21)C(=O)NC(C(=O)O)C1CCC1. The van der Waals surface area contributed by atoms with E-state index in [4.69, 9.17) is 4.74 Å². The molecule has 0 aliphatic heterocycles. The van der Waals surface area contributed by atoms with E-state index in [-0.39, 0.29) is 24.4 Å². The summed E-state index contributed by atoms with van der Waals surface area (Å²) in [5.41, 5.74) is 4.49. The molecule has 7 heteroatoms. The topological polar surface area (TPSA) is 105 Å². The van der Waals surface area contributed by atoms with Gasteiger partial charge in [-0.2, -0.15) is 0 Å². The first-order valence-electron chi connectivity index (χ1n) is 12.0. The van der Waals surface area contributed by atoms with Gasteiger partial charge in [-0.25, -0.2) is 9.59 Å². The summed E-state index contributed by atoms with van der Waals surface area (Å²) in [6.45, 7) is 3.92. The number of alkyl carbamates (subject to hydrolysis) is 1. The molecule has 2 aromatic rings. The fourth-order valence-electron chi connectivity index (χ4n) is 4.87. The van der Waals surface area contributed by atoms with Crippen LogP contribution in [0, 0.1) is 11.8 Å². The highest BCUT2D eigenvalue weighted by molar-refractivity contribution is 5.89. The molecule has 2 aliphatic carbocycles. The third kappa shape index (κ3) is 4.79. The molecular formula is C27H32N2O5. The van der Waals surface area contributed by atoms with Crippen molar-refractivity contribution in [2.24, 2.45) is 11.8 Å². The zero-order valence-electron chi connectivity index (χ0n) is 19.6. The normalized spacial score (nSPS) is 17.5. The molecule has 0 spiro atoms. The monoisotopic (exact) mass is 464 g/mol. The number of hydrogen-bond acceptors (Lipinski definition) is 4. The third-order valence-corrected chi connectivity index (χ3v) is 7.30. The molecule has 3 atom stereocenters. The Morgan fingerprint density at radius 3 is 2.09 bits per heavy atom. The summed E-state index contributed by atoms with van der Waals surface area (Å²) in [6.07, 6.45) is 2.49. The molecule has 2 aliphatic rings. The molecule has 0 radical (unpaired) electrons. The number of nitrogens with one attached hydrogen (secondary N) is 2. The minimum Gasteiger partial charge on any atom is -0.480 e. The Hall–Kier alpha value is -3.35. The van der Waals surface area contributed by atoms with Crippen molar-refractivity contribution < 1.29 is 24.2 Å². The minimum atomic E-state index is -1.04. The van der Waals surface area contributed by atoms with Crippen LogP contribution < -0.4 is 10.6 Å². The van der Waals surface area contributed by atoms with Gasteiger partial charge in [0.05, 0.1) is 0 Å². The number of fused-ring (bicyclic) bond motifs is 3. The fourth-order valence-corrected chi connectivity index (χ4v) is 4.87. The maximum absolute atomic E-state index is 13.0. The highest BCUT2D eigenvalue weighted by atomic mass is 16.5. The van der Waals surface area contributed by atoms with Crippen molar-refractivity contribution in [2.75, 3.05) is 6.61 Å². The molecule has 3 N–H and O–H groups in total. The quantitative estimate of drug-likeness (QED) is 0.513. The first-order chi connectivity index (χ1) is 16.4. The van der Waals surface area contributed by atoms with Crippen LogP contribution in [0.3, 0.4) is 0 Å². The number of aliphatic carboxylic acids is 1. The van der Waals surface area contributed by atoms with Crippen LogP contribution in [0.4, 0.5) is 4.79 Å². The van der Waals surface area contributed by atoms with E-state index in [0.717, 1.165) is 41.5 Å². The van der Waals surface area contributed by atoms with Gasteiger partial charge in [0, 0.05) is 5.92 Å². The molecule has 2 unspecified atom stereocenters. The standard InChI is InChI=1S/C27H32N2O5/c1-3-16(2)23(25(30)28-24(26(31)32)17-9-8-10-17)29-27(33)34-15-22-20-13-6-4-11-18(20)19-12-5-7-14-21(19)22/h4-7,11-14,16-17,22-24H,3,8-10,15H2,1-2H3,(H,28,30)(H,29,33)(H,31,32)/t16?,23-,24?/m0/s1. The van der Waals surface area contributed by atoms with Gasteiger partial charge in [-0.3, -0.25) is 4.79 Å². The molecule has 2 aromatic carbocycles. The number of carbonyl (C=O) groups is 3. The van der Waals surface area contributed by atoms with Gasteiger partial charge in [-0.05, 0) is 46.9 Å². The van der Waals surface area contributed by atoms with Crippen molar-refractivity contribution in [3.05, 3.63) is 59.7 Å². The molecule has 180 valence electrons. The summed E-state index contributed by atoms with van der Waals surface area (Å²) < 4.78 is 5.60. The highest BCUT2D eigenvalue weighted by Crippen LogP contribution is 2.44. The molecule has 0 saturated heterocycles. The summed E-state index contributed by atoms with van der Waals surface area (Å²) >= 11 is 0. The maximum atomic E-state index is 13.0. The van der Waals surface area contributed by atoms with E-state index < -0.39 is 30.1 Å². The number of benzene rings is 2. The van der Waals surface area contributed by atoms with Gasteiger partial charge in [-0.15, -0.1) is 0 Å². The average Bonchev–Trinajstić information content (AvgIpc) is 3.12. The Labute approximate surface area is 199 Å². The first-order valence-corrected chi connectivity index (χ1v) is 12.0. The van der Waals surface area contributed by atoms with E-state index in [1.54, 1.807) is 0 Å². The van der Waals surface area contributed by atoms with E-state index in [1.165, 1.54) is 0 Å². The number of hydrogen-bond donors (Lipinski definition) is 3. The predicted molar refractivity (Wildman–Crippen MR) is 128 cm³/mol. The Morgan fingerprint density at radius 2 is 1.59 bits per heavy atom. The largest absolute Gasteiger partial charge is 0.480 e. The molecule has 7 nitrogen and oxygen atoms in total. The lowest BCUT2D eigenvalue weighted by atomic mass is 9.79. The van der Waals surface area contributed by atoms with Gasteiger partial charge in [0.1, 0.15) is 18.7 Å². The van der Waals surface area contributed by atoms with Crippen molar-refractivity contribution in [2.45, 2.75) is 57.5 Å². The molecule has 2 amide bonds. The van der Waals surface area contributed by atoms with Crippen LogP contribution in [0.1, 0.15) is 56.6 Å². The van der Waals surface area contributed by atoms with E-state index in [0.29, 0.717) is 6.42 Å². The number of rotatable bonds is 9. The molecule has 0 heterocycles. The van der Waals surface area contributed by atoms with Gasteiger partial charge < -0.3 is 20.5 Å². The van der Waals surface area contributed by atoms with Crippen LogP contribution in [0.2, 0.25) is 0 Å². The molecule has 4 rings (SSSR count). The number of carboxylic acids is 1. The van der Waals surface area contributed by atoms with Crippen molar-refractivity contribution in [1.29, 1.82) is 0 Å². The summed E-state index contributed by atoms with van der Waals surface area (Å²) in [5, 5.41) is 14.9.